The van der Waals surface area contributed by atoms with Gasteiger partial charge in [0.25, 0.3) is 0 Å². The molecule has 1 heterocycles. The molecule has 92 valence electrons. The van der Waals surface area contributed by atoms with Crippen molar-refractivity contribution in [2.75, 3.05) is 5.32 Å². The molecule has 0 amide bonds. The van der Waals surface area contributed by atoms with Gasteiger partial charge >= 0.3 is 0 Å². The van der Waals surface area contributed by atoms with Crippen LogP contribution in [0.15, 0.2) is 17.6 Å². The number of nitrogens with zero attached hydrogens (tertiary/aromatic N) is 3. The van der Waals surface area contributed by atoms with Crippen LogP contribution in [0.3, 0.4) is 0 Å². The second kappa shape index (κ2) is 5.27. The lowest BCUT2D eigenvalue weighted by Gasteiger charge is -2.22. The zero-order valence-electron chi connectivity index (χ0n) is 10.6. The van der Waals surface area contributed by atoms with Crippen molar-refractivity contribution in [1.29, 1.82) is 0 Å². The third kappa shape index (κ3) is 4.15. The maximum Gasteiger partial charge on any atom is 0.224 e. The Morgan fingerprint density at radius 3 is 2.53 bits per heavy atom. The van der Waals surface area contributed by atoms with Crippen LogP contribution >= 0.6 is 11.6 Å². The maximum absolute atomic E-state index is 5.85. The minimum atomic E-state index is -0.122. The average molecular weight is 253 g/mol. The normalized spacial score (nSPS) is 11.8. The molecule has 0 saturated heterocycles. The van der Waals surface area contributed by atoms with E-state index in [4.69, 9.17) is 11.6 Å². The van der Waals surface area contributed by atoms with E-state index in [2.05, 4.69) is 26.9 Å². The van der Waals surface area contributed by atoms with Crippen LogP contribution in [-0.4, -0.2) is 21.7 Å². The molecule has 0 radical (unpaired) electrons. The maximum atomic E-state index is 5.85. The number of allylic oxidation sites excluding steroid dienone is 1. The van der Waals surface area contributed by atoms with Gasteiger partial charge in [0.05, 0.1) is 5.69 Å². The second-order valence-electron chi connectivity index (χ2n) is 4.66. The number of halogens is 1. The van der Waals surface area contributed by atoms with Crippen molar-refractivity contribution in [3.05, 3.63) is 23.6 Å². The van der Waals surface area contributed by atoms with Gasteiger partial charge in [-0.15, -0.1) is 0 Å². The molecule has 0 fully saturated rings. The molecule has 0 bridgehead atoms. The Kier molecular flexibility index (Phi) is 4.23. The first-order valence-electron chi connectivity index (χ1n) is 5.31. The van der Waals surface area contributed by atoms with Crippen molar-refractivity contribution in [3.63, 3.8) is 0 Å². The van der Waals surface area contributed by atoms with E-state index in [0.29, 0.717) is 11.5 Å². The molecule has 1 aromatic heterocycles. The Hall–Kier alpha value is -1.42. The molecule has 1 rings (SSSR count). The Bertz CT molecular complexity index is 447. The molecule has 5 heteroatoms. The summed E-state index contributed by atoms with van der Waals surface area (Å²) in [5.41, 5.74) is 1.29. The molecule has 0 aliphatic carbocycles. The van der Waals surface area contributed by atoms with Gasteiger partial charge in [-0.25, -0.2) is 4.98 Å². The third-order valence-corrected chi connectivity index (χ3v) is 2.00. The Morgan fingerprint density at radius 2 is 2.00 bits per heavy atom. The van der Waals surface area contributed by atoms with Crippen LogP contribution in [0.5, 0.6) is 0 Å². The first-order valence-corrected chi connectivity index (χ1v) is 5.68. The molecule has 1 N–H and O–H groups in total. The summed E-state index contributed by atoms with van der Waals surface area (Å²) >= 11 is 5.85. The number of anilines is 1. The fourth-order valence-corrected chi connectivity index (χ4v) is 1.47. The van der Waals surface area contributed by atoms with Crippen LogP contribution in [0.1, 0.15) is 26.5 Å². The summed E-state index contributed by atoms with van der Waals surface area (Å²) < 4.78 is 0. The van der Waals surface area contributed by atoms with E-state index >= 15 is 0 Å². The van der Waals surface area contributed by atoms with Gasteiger partial charge in [-0.1, -0.05) is 12.7 Å². The van der Waals surface area contributed by atoms with E-state index in [0.717, 1.165) is 5.69 Å². The van der Waals surface area contributed by atoms with E-state index in [1.165, 1.54) is 0 Å². The van der Waals surface area contributed by atoms with Crippen LogP contribution in [0.4, 0.5) is 11.5 Å². The zero-order chi connectivity index (χ0) is 13.1. The fraction of sp³-hybridized carbons (Fsp3) is 0.417. The first-order chi connectivity index (χ1) is 7.83. The molecule has 0 atom stereocenters. The predicted molar refractivity (Wildman–Crippen MR) is 73.5 cm³/mol. The third-order valence-electron chi connectivity index (χ3n) is 1.83. The quantitative estimate of drug-likeness (QED) is 0.661. The summed E-state index contributed by atoms with van der Waals surface area (Å²) in [6.45, 7) is 11.6. The van der Waals surface area contributed by atoms with Crippen LogP contribution in [-0.2, 0) is 0 Å². The highest BCUT2D eigenvalue weighted by Crippen LogP contribution is 2.29. The lowest BCUT2D eigenvalue weighted by Crippen LogP contribution is -2.27. The number of hydrogen-bond acceptors (Lipinski definition) is 4. The van der Waals surface area contributed by atoms with Gasteiger partial charge < -0.3 is 5.32 Å². The van der Waals surface area contributed by atoms with Crippen LogP contribution in [0.25, 0.3) is 0 Å². The first kappa shape index (κ1) is 13.6. The summed E-state index contributed by atoms with van der Waals surface area (Å²) in [4.78, 5) is 12.5. The lowest BCUT2D eigenvalue weighted by molar-refractivity contribution is 0.630. The molecule has 17 heavy (non-hydrogen) atoms. The number of rotatable bonds is 3. The minimum Gasteiger partial charge on any atom is -0.364 e. The van der Waals surface area contributed by atoms with Crippen molar-refractivity contribution in [2.24, 2.45) is 4.99 Å². The van der Waals surface area contributed by atoms with Gasteiger partial charge in [0.1, 0.15) is 5.69 Å². The number of nitrogens with one attached hydrogen (secondary N) is 1. The van der Waals surface area contributed by atoms with E-state index in [1.807, 2.05) is 27.7 Å². The van der Waals surface area contributed by atoms with Gasteiger partial charge in [-0.3, -0.25) is 4.99 Å². The van der Waals surface area contributed by atoms with E-state index in [1.54, 1.807) is 12.3 Å². The smallest absolute Gasteiger partial charge is 0.224 e. The van der Waals surface area contributed by atoms with E-state index < -0.39 is 0 Å². The van der Waals surface area contributed by atoms with Crippen LogP contribution < -0.4 is 5.32 Å². The zero-order valence-corrected chi connectivity index (χ0v) is 11.3. The van der Waals surface area contributed by atoms with Crippen LogP contribution in [0, 0.1) is 6.92 Å². The number of aryl methyl sites for hydroxylation is 1. The molecular formula is C12H17ClN4. The Morgan fingerprint density at radius 1 is 1.35 bits per heavy atom. The standard InChI is InChI=1S/C12H17ClN4/c1-6-7-14-9-8(2)15-11(13)16-10(9)17-12(3,4)5/h6-7H,1H2,2-5H3,(H,15,16,17). The lowest BCUT2D eigenvalue weighted by atomic mass is 10.1. The van der Waals surface area contributed by atoms with Crippen molar-refractivity contribution in [3.8, 4) is 0 Å². The summed E-state index contributed by atoms with van der Waals surface area (Å²) in [6, 6.07) is 0. The topological polar surface area (TPSA) is 50.2 Å². The summed E-state index contributed by atoms with van der Waals surface area (Å²) in [6.07, 6.45) is 3.21. The SMILES string of the molecule is C=CC=Nc1c(C)nc(Cl)nc1NC(C)(C)C. The van der Waals surface area contributed by atoms with Crippen molar-refractivity contribution < 1.29 is 0 Å². The molecule has 0 unspecified atom stereocenters. The van der Waals surface area contributed by atoms with Crippen molar-refractivity contribution >= 4 is 29.3 Å². The Balaban J connectivity index is 3.25. The van der Waals surface area contributed by atoms with Crippen molar-refractivity contribution in [2.45, 2.75) is 33.2 Å². The van der Waals surface area contributed by atoms with Gasteiger partial charge in [0.15, 0.2) is 5.82 Å². The molecule has 0 aliphatic rings. The highest BCUT2D eigenvalue weighted by Gasteiger charge is 2.16. The number of aliphatic imine (C=N–C) groups is 1. The summed E-state index contributed by atoms with van der Waals surface area (Å²) in [5.74, 6) is 0.633. The second-order valence-corrected chi connectivity index (χ2v) is 5.00. The highest BCUT2D eigenvalue weighted by molar-refractivity contribution is 6.28. The summed E-state index contributed by atoms with van der Waals surface area (Å²) in [5, 5.41) is 3.47. The largest absolute Gasteiger partial charge is 0.364 e. The molecule has 0 spiro atoms. The minimum absolute atomic E-state index is 0.122. The number of aromatic nitrogens is 2. The van der Waals surface area contributed by atoms with Crippen LogP contribution in [0.2, 0.25) is 5.28 Å². The fourth-order valence-electron chi connectivity index (χ4n) is 1.26. The molecule has 0 aromatic carbocycles. The van der Waals surface area contributed by atoms with Gasteiger partial charge in [-0.2, -0.15) is 4.98 Å². The molecule has 0 aliphatic heterocycles. The molecule has 4 nitrogen and oxygen atoms in total. The number of hydrogen-bond donors (Lipinski definition) is 1. The predicted octanol–water partition coefficient (Wildman–Crippen LogP) is 3.54. The average Bonchev–Trinajstić information content (AvgIpc) is 2.13. The molecule has 0 saturated carbocycles. The Labute approximate surface area is 107 Å². The monoisotopic (exact) mass is 252 g/mol. The van der Waals surface area contributed by atoms with Gasteiger partial charge in [0, 0.05) is 11.8 Å². The van der Waals surface area contributed by atoms with Crippen molar-refractivity contribution in [1.82, 2.24) is 9.97 Å². The van der Waals surface area contributed by atoms with Gasteiger partial charge in [0.2, 0.25) is 5.28 Å². The molecule has 1 aromatic rings. The van der Waals surface area contributed by atoms with E-state index in [9.17, 15) is 0 Å². The van der Waals surface area contributed by atoms with Gasteiger partial charge in [-0.05, 0) is 39.3 Å². The molecular weight excluding hydrogens is 236 g/mol. The highest BCUT2D eigenvalue weighted by atomic mass is 35.5. The van der Waals surface area contributed by atoms with E-state index in [-0.39, 0.29) is 10.8 Å². The summed E-state index contributed by atoms with van der Waals surface area (Å²) in [7, 11) is 0.